The highest BCUT2D eigenvalue weighted by Gasteiger charge is 2.34. The molecule has 1 fully saturated rings. The summed E-state index contributed by atoms with van der Waals surface area (Å²) >= 11 is 0. The minimum Gasteiger partial charge on any atom is -0.493 e. The van der Waals surface area contributed by atoms with E-state index in [0.29, 0.717) is 47.5 Å². The lowest BCUT2D eigenvalue weighted by Gasteiger charge is -2.16. The van der Waals surface area contributed by atoms with E-state index in [9.17, 15) is 13.6 Å². The number of likely N-dealkylation sites (tertiary alicyclic amines) is 1. The summed E-state index contributed by atoms with van der Waals surface area (Å²) in [7, 11) is 1.55. The Balaban J connectivity index is 1.49. The second-order valence-electron chi connectivity index (χ2n) is 7.21. The molecular formula is C22H21F2N3O4. The highest BCUT2D eigenvalue weighted by molar-refractivity contribution is 5.79. The molecule has 2 heterocycles. The molecule has 0 spiro atoms. The Labute approximate surface area is 177 Å². The van der Waals surface area contributed by atoms with E-state index in [1.165, 1.54) is 17.0 Å². The average Bonchev–Trinajstić information content (AvgIpc) is 3.35. The molecule has 1 aliphatic heterocycles. The van der Waals surface area contributed by atoms with Gasteiger partial charge < -0.3 is 18.9 Å². The normalized spacial score (nSPS) is 16.1. The van der Waals surface area contributed by atoms with Crippen LogP contribution in [0, 0.1) is 11.6 Å². The third-order valence-corrected chi connectivity index (χ3v) is 5.02. The molecule has 0 aliphatic carbocycles. The number of amides is 1. The second-order valence-corrected chi connectivity index (χ2v) is 7.21. The summed E-state index contributed by atoms with van der Waals surface area (Å²) in [6.07, 6.45) is 0.187. The Morgan fingerprint density at radius 3 is 2.65 bits per heavy atom. The fraction of sp³-hybridized carbons (Fsp3) is 0.318. The molecule has 7 nitrogen and oxygen atoms in total. The lowest BCUT2D eigenvalue weighted by atomic mass is 10.1. The number of methoxy groups -OCH3 is 1. The third kappa shape index (κ3) is 4.50. The lowest BCUT2D eigenvalue weighted by Crippen LogP contribution is -2.24. The molecule has 162 valence electrons. The fourth-order valence-electron chi connectivity index (χ4n) is 3.61. The number of nitrogens with zero attached hydrogens (tertiary/aromatic N) is 3. The molecule has 9 heteroatoms. The minimum absolute atomic E-state index is 0.112. The van der Waals surface area contributed by atoms with E-state index >= 15 is 0 Å². The summed E-state index contributed by atoms with van der Waals surface area (Å²) in [6.45, 7) is 2.83. The van der Waals surface area contributed by atoms with Gasteiger partial charge in [-0.3, -0.25) is 4.79 Å². The summed E-state index contributed by atoms with van der Waals surface area (Å²) in [5.74, 6) is 0.0852. The number of hydrogen-bond acceptors (Lipinski definition) is 6. The first-order valence-electron chi connectivity index (χ1n) is 9.84. The molecule has 31 heavy (non-hydrogen) atoms. The molecule has 1 aromatic heterocycles. The number of benzene rings is 2. The van der Waals surface area contributed by atoms with Gasteiger partial charge in [0, 0.05) is 31.1 Å². The van der Waals surface area contributed by atoms with Crippen LogP contribution >= 0.6 is 0 Å². The van der Waals surface area contributed by atoms with Crippen LogP contribution in [0.15, 0.2) is 40.9 Å². The molecular weight excluding hydrogens is 408 g/mol. The molecule has 1 aliphatic rings. The van der Waals surface area contributed by atoms with Gasteiger partial charge in [0.05, 0.1) is 19.6 Å². The lowest BCUT2D eigenvalue weighted by molar-refractivity contribution is -0.128. The van der Waals surface area contributed by atoms with Crippen molar-refractivity contribution in [1.29, 1.82) is 0 Å². The maximum atomic E-state index is 13.4. The highest BCUT2D eigenvalue weighted by Crippen LogP contribution is 2.33. The SMILES string of the molecule is CCOc1ccc(-c2noc(C3CC(=O)N(Cc4cc(F)cc(F)c4)C3)n2)cc1OC. The largest absolute Gasteiger partial charge is 0.493 e. The highest BCUT2D eigenvalue weighted by atomic mass is 19.1. The molecule has 1 unspecified atom stereocenters. The maximum Gasteiger partial charge on any atom is 0.232 e. The molecule has 0 N–H and O–H groups in total. The van der Waals surface area contributed by atoms with Crippen LogP contribution in [-0.2, 0) is 11.3 Å². The molecule has 2 aromatic carbocycles. The smallest absolute Gasteiger partial charge is 0.232 e. The van der Waals surface area contributed by atoms with E-state index in [1.54, 1.807) is 25.3 Å². The third-order valence-electron chi connectivity index (χ3n) is 5.02. The molecule has 0 radical (unpaired) electrons. The molecule has 3 aromatic rings. The van der Waals surface area contributed by atoms with Gasteiger partial charge in [-0.25, -0.2) is 8.78 Å². The topological polar surface area (TPSA) is 77.7 Å². The molecule has 1 saturated heterocycles. The summed E-state index contributed by atoms with van der Waals surface area (Å²) in [5, 5.41) is 4.03. The molecule has 1 amide bonds. The van der Waals surface area contributed by atoms with E-state index in [2.05, 4.69) is 10.1 Å². The van der Waals surface area contributed by atoms with Gasteiger partial charge in [0.2, 0.25) is 17.6 Å². The number of aromatic nitrogens is 2. The van der Waals surface area contributed by atoms with E-state index in [0.717, 1.165) is 6.07 Å². The molecule has 0 saturated carbocycles. The number of hydrogen-bond donors (Lipinski definition) is 0. The molecule has 1 atom stereocenters. The first-order valence-corrected chi connectivity index (χ1v) is 9.84. The predicted octanol–water partition coefficient (Wildman–Crippen LogP) is 3.94. The van der Waals surface area contributed by atoms with Gasteiger partial charge >= 0.3 is 0 Å². The monoisotopic (exact) mass is 429 g/mol. The van der Waals surface area contributed by atoms with Crippen LogP contribution in [0.1, 0.15) is 30.7 Å². The second kappa shape index (κ2) is 8.71. The van der Waals surface area contributed by atoms with Crippen LogP contribution in [0.25, 0.3) is 11.4 Å². The predicted molar refractivity (Wildman–Crippen MR) is 107 cm³/mol. The Kier molecular flexibility index (Phi) is 5.83. The Morgan fingerprint density at radius 2 is 1.94 bits per heavy atom. The zero-order chi connectivity index (χ0) is 22.0. The Morgan fingerprint density at radius 1 is 1.16 bits per heavy atom. The van der Waals surface area contributed by atoms with Gasteiger partial charge in [-0.2, -0.15) is 4.98 Å². The summed E-state index contributed by atoms with van der Waals surface area (Å²) in [5.41, 5.74) is 1.07. The summed E-state index contributed by atoms with van der Waals surface area (Å²) < 4.78 is 43.1. The molecule has 4 rings (SSSR count). The average molecular weight is 429 g/mol. The van der Waals surface area contributed by atoms with Crippen molar-refractivity contribution >= 4 is 5.91 Å². The van der Waals surface area contributed by atoms with Gasteiger partial charge in [-0.05, 0) is 42.8 Å². The number of halogens is 2. The quantitative estimate of drug-likeness (QED) is 0.566. The van der Waals surface area contributed by atoms with Crippen molar-refractivity contribution in [3.63, 3.8) is 0 Å². The Bertz CT molecular complexity index is 1080. The van der Waals surface area contributed by atoms with Crippen LogP contribution < -0.4 is 9.47 Å². The van der Waals surface area contributed by atoms with Crippen LogP contribution in [0.2, 0.25) is 0 Å². The van der Waals surface area contributed by atoms with E-state index in [1.807, 2.05) is 6.92 Å². The van der Waals surface area contributed by atoms with E-state index in [4.69, 9.17) is 14.0 Å². The maximum absolute atomic E-state index is 13.4. The van der Waals surface area contributed by atoms with Crippen molar-refractivity contribution in [2.75, 3.05) is 20.3 Å². The van der Waals surface area contributed by atoms with Crippen LogP contribution in [-0.4, -0.2) is 41.2 Å². The molecule has 0 bridgehead atoms. The number of ether oxygens (including phenoxy) is 2. The van der Waals surface area contributed by atoms with Crippen molar-refractivity contribution in [2.24, 2.45) is 0 Å². The zero-order valence-electron chi connectivity index (χ0n) is 17.1. The van der Waals surface area contributed by atoms with Crippen LogP contribution in [0.3, 0.4) is 0 Å². The first-order chi connectivity index (χ1) is 15.0. The van der Waals surface area contributed by atoms with Crippen molar-refractivity contribution in [3.8, 4) is 22.9 Å². The van der Waals surface area contributed by atoms with Gasteiger partial charge in [-0.1, -0.05) is 5.16 Å². The zero-order valence-corrected chi connectivity index (χ0v) is 17.1. The minimum atomic E-state index is -0.675. The van der Waals surface area contributed by atoms with Gasteiger partial charge in [0.1, 0.15) is 11.6 Å². The van der Waals surface area contributed by atoms with Crippen molar-refractivity contribution in [3.05, 3.63) is 59.5 Å². The van der Waals surface area contributed by atoms with Crippen molar-refractivity contribution in [2.45, 2.75) is 25.8 Å². The van der Waals surface area contributed by atoms with Gasteiger partial charge in [-0.15, -0.1) is 0 Å². The van der Waals surface area contributed by atoms with Crippen LogP contribution in [0.5, 0.6) is 11.5 Å². The summed E-state index contributed by atoms with van der Waals surface area (Å²) in [6, 6.07) is 8.55. The van der Waals surface area contributed by atoms with E-state index < -0.39 is 11.6 Å². The first kappa shape index (κ1) is 20.8. The number of carbonyl (C=O) groups is 1. The van der Waals surface area contributed by atoms with Crippen molar-refractivity contribution in [1.82, 2.24) is 15.0 Å². The Hall–Kier alpha value is -3.49. The summed E-state index contributed by atoms with van der Waals surface area (Å²) in [4.78, 5) is 18.4. The van der Waals surface area contributed by atoms with Gasteiger partial charge in [0.15, 0.2) is 11.5 Å². The van der Waals surface area contributed by atoms with Gasteiger partial charge in [0.25, 0.3) is 0 Å². The number of carbonyl (C=O) groups excluding carboxylic acids is 1. The van der Waals surface area contributed by atoms with Crippen molar-refractivity contribution < 1.29 is 27.6 Å². The van der Waals surface area contributed by atoms with E-state index in [-0.39, 0.29) is 24.8 Å². The number of rotatable bonds is 7. The standard InChI is InChI=1S/C22H21F2N3O4/c1-3-30-18-5-4-14(8-19(18)29-2)21-25-22(31-26-21)15-9-20(28)27(12-15)11-13-6-16(23)10-17(24)7-13/h4-8,10,15H,3,9,11-12H2,1-2H3. The van der Waals surface area contributed by atoms with Crippen LogP contribution in [0.4, 0.5) is 8.78 Å². The fourth-order valence-corrected chi connectivity index (χ4v) is 3.61.